The number of fused-ring (bicyclic) bond motifs is 2. The first-order chi connectivity index (χ1) is 17.4. The molecule has 0 aliphatic carbocycles. The van der Waals surface area contributed by atoms with Crippen LogP contribution >= 0.6 is 11.8 Å². The molecule has 3 N–H and O–H groups in total. The largest absolute Gasteiger partial charge is 0.324 e. The molecule has 36 heavy (non-hydrogen) atoms. The summed E-state index contributed by atoms with van der Waals surface area (Å²) in [7, 11) is 0. The van der Waals surface area contributed by atoms with Gasteiger partial charge in [-0.3, -0.25) is 30.0 Å². The summed E-state index contributed by atoms with van der Waals surface area (Å²) >= 11 is 1.41. The molecule has 3 aromatic carbocycles. The first kappa shape index (κ1) is 23.3. The fourth-order valence-corrected chi connectivity index (χ4v) is 4.79. The van der Waals surface area contributed by atoms with Crippen molar-refractivity contribution in [2.24, 2.45) is 0 Å². The second kappa shape index (κ2) is 9.67. The molecule has 3 amide bonds. The zero-order valence-electron chi connectivity index (χ0n) is 19.1. The average molecular weight is 500 g/mol. The molecule has 0 bridgehead atoms. The number of benzene rings is 3. The Kier molecular flexibility index (Phi) is 6.26. The quantitative estimate of drug-likeness (QED) is 0.371. The Labute approximate surface area is 209 Å². The lowest BCUT2D eigenvalue weighted by Gasteiger charge is -2.21. The van der Waals surface area contributed by atoms with Crippen LogP contribution in [0, 0.1) is 0 Å². The lowest BCUT2D eigenvalue weighted by atomic mass is 10.1. The molecule has 1 aromatic heterocycles. The number of nitrogens with one attached hydrogen (secondary N) is 3. The number of anilines is 1. The second-order valence-electron chi connectivity index (χ2n) is 8.21. The van der Waals surface area contributed by atoms with Crippen LogP contribution in [0.15, 0.2) is 82.5 Å². The maximum absolute atomic E-state index is 13.1. The van der Waals surface area contributed by atoms with Crippen molar-refractivity contribution in [1.29, 1.82) is 0 Å². The Morgan fingerprint density at radius 1 is 0.944 bits per heavy atom. The fraction of sp³-hybridized carbons (Fsp3) is 0.115. The van der Waals surface area contributed by atoms with E-state index >= 15 is 0 Å². The van der Waals surface area contributed by atoms with Gasteiger partial charge in [-0.15, -0.1) is 11.8 Å². The van der Waals surface area contributed by atoms with E-state index in [4.69, 9.17) is 0 Å². The summed E-state index contributed by atoms with van der Waals surface area (Å²) in [6.45, 7) is 1.99. The molecule has 0 spiro atoms. The van der Waals surface area contributed by atoms with Crippen molar-refractivity contribution in [3.8, 4) is 0 Å². The van der Waals surface area contributed by atoms with Crippen LogP contribution in [0.5, 0.6) is 0 Å². The topological polar surface area (TPSA) is 122 Å². The number of aromatic nitrogens is 2. The molecule has 1 atom stereocenters. The minimum absolute atomic E-state index is 0.00419. The third-order valence-electron chi connectivity index (χ3n) is 5.72. The smallest absolute Gasteiger partial charge is 0.290 e. The highest BCUT2D eigenvalue weighted by atomic mass is 32.2. The van der Waals surface area contributed by atoms with E-state index in [9.17, 15) is 19.2 Å². The molecular formula is C26H21N5O4S. The Morgan fingerprint density at radius 2 is 1.64 bits per heavy atom. The Morgan fingerprint density at radius 3 is 2.42 bits per heavy atom. The standard InChI is InChI=1S/C26H21N5O4S/c1-15-23(32)27-20-13-17(11-12-21(20)36-15)24(33)28-29-25(34)22-18-9-5-6-10-19(18)26(35)31(30-22)14-16-7-3-2-4-8-16/h2-13,15H,14H2,1H3,(H,27,32)(H,28,33)(H,29,34). The Balaban J connectivity index is 1.38. The van der Waals surface area contributed by atoms with E-state index < -0.39 is 11.8 Å². The molecule has 180 valence electrons. The molecule has 0 radical (unpaired) electrons. The molecule has 2 heterocycles. The monoisotopic (exact) mass is 499 g/mol. The van der Waals surface area contributed by atoms with Crippen molar-refractivity contribution in [2.75, 3.05) is 5.32 Å². The summed E-state index contributed by atoms with van der Waals surface area (Å²) in [5.74, 6) is -1.37. The van der Waals surface area contributed by atoms with Crippen LogP contribution in [-0.2, 0) is 11.3 Å². The van der Waals surface area contributed by atoms with Crippen molar-refractivity contribution in [3.05, 3.63) is 100.0 Å². The summed E-state index contributed by atoms with van der Waals surface area (Å²) in [5.41, 5.74) is 6.12. The molecule has 4 aromatic rings. The van der Waals surface area contributed by atoms with Crippen LogP contribution in [0.3, 0.4) is 0 Å². The normalized spacial score (nSPS) is 14.6. The molecule has 1 unspecified atom stereocenters. The predicted octanol–water partition coefficient (Wildman–Crippen LogP) is 2.95. The molecule has 0 fully saturated rings. The molecule has 0 saturated carbocycles. The number of hydrogen-bond acceptors (Lipinski definition) is 6. The highest BCUT2D eigenvalue weighted by Gasteiger charge is 2.24. The summed E-state index contributed by atoms with van der Waals surface area (Å²) in [5, 5.41) is 7.59. The first-order valence-corrected chi connectivity index (χ1v) is 12.0. The van der Waals surface area contributed by atoms with E-state index in [2.05, 4.69) is 21.3 Å². The van der Waals surface area contributed by atoms with Crippen LogP contribution < -0.4 is 21.7 Å². The van der Waals surface area contributed by atoms with Gasteiger partial charge in [0, 0.05) is 15.8 Å². The highest BCUT2D eigenvalue weighted by molar-refractivity contribution is 8.00. The summed E-state index contributed by atoms with van der Waals surface area (Å²) in [6.07, 6.45) is 0. The summed E-state index contributed by atoms with van der Waals surface area (Å²) in [6, 6.07) is 20.9. The second-order valence-corrected chi connectivity index (χ2v) is 9.59. The fourth-order valence-electron chi connectivity index (χ4n) is 3.86. The van der Waals surface area contributed by atoms with Gasteiger partial charge >= 0.3 is 0 Å². The van der Waals surface area contributed by atoms with Gasteiger partial charge in [0.1, 0.15) is 0 Å². The molecule has 5 rings (SSSR count). The minimum atomic E-state index is -0.669. The molecule has 1 aliphatic heterocycles. The van der Waals surface area contributed by atoms with Gasteiger partial charge in [0.2, 0.25) is 5.91 Å². The number of carbonyl (C=O) groups excluding carboxylic acids is 3. The molecule has 10 heteroatoms. The van der Waals surface area contributed by atoms with Gasteiger partial charge in [0.25, 0.3) is 17.4 Å². The Bertz CT molecular complexity index is 1570. The molecule has 1 aliphatic rings. The first-order valence-electron chi connectivity index (χ1n) is 11.2. The van der Waals surface area contributed by atoms with Gasteiger partial charge in [0.05, 0.1) is 22.9 Å². The van der Waals surface area contributed by atoms with Crippen molar-refractivity contribution in [1.82, 2.24) is 20.6 Å². The van der Waals surface area contributed by atoms with Gasteiger partial charge < -0.3 is 5.32 Å². The number of hydrazine groups is 1. The predicted molar refractivity (Wildman–Crippen MR) is 137 cm³/mol. The zero-order chi connectivity index (χ0) is 25.2. The van der Waals surface area contributed by atoms with E-state index in [1.807, 2.05) is 30.3 Å². The van der Waals surface area contributed by atoms with E-state index in [1.54, 1.807) is 49.4 Å². The number of nitrogens with zero attached hydrogens (tertiary/aromatic N) is 2. The number of carbonyl (C=O) groups is 3. The van der Waals surface area contributed by atoms with Crippen molar-refractivity contribution in [3.63, 3.8) is 0 Å². The van der Waals surface area contributed by atoms with Crippen LogP contribution in [0.4, 0.5) is 5.69 Å². The van der Waals surface area contributed by atoms with Crippen molar-refractivity contribution >= 4 is 45.9 Å². The lowest BCUT2D eigenvalue weighted by Crippen LogP contribution is -2.43. The van der Waals surface area contributed by atoms with Crippen LogP contribution in [-0.4, -0.2) is 32.8 Å². The van der Waals surface area contributed by atoms with Crippen LogP contribution in [0.25, 0.3) is 10.8 Å². The number of rotatable bonds is 4. The van der Waals surface area contributed by atoms with E-state index in [0.29, 0.717) is 16.5 Å². The van der Waals surface area contributed by atoms with Crippen molar-refractivity contribution < 1.29 is 14.4 Å². The lowest BCUT2D eigenvalue weighted by molar-refractivity contribution is -0.115. The van der Waals surface area contributed by atoms with E-state index in [1.165, 1.54) is 16.4 Å². The van der Waals surface area contributed by atoms with Gasteiger partial charge in [0.15, 0.2) is 5.69 Å². The molecular weight excluding hydrogens is 478 g/mol. The van der Waals surface area contributed by atoms with Gasteiger partial charge in [-0.1, -0.05) is 48.5 Å². The van der Waals surface area contributed by atoms with E-state index in [0.717, 1.165) is 10.5 Å². The van der Waals surface area contributed by atoms with Gasteiger partial charge in [-0.2, -0.15) is 5.10 Å². The van der Waals surface area contributed by atoms with Crippen LogP contribution in [0.1, 0.15) is 33.3 Å². The van der Waals surface area contributed by atoms with Gasteiger partial charge in [-0.25, -0.2) is 4.68 Å². The molecule has 0 saturated heterocycles. The zero-order valence-corrected chi connectivity index (χ0v) is 20.0. The maximum atomic E-state index is 13.1. The number of amides is 3. The Hall–Kier alpha value is -4.44. The van der Waals surface area contributed by atoms with Crippen LogP contribution in [0.2, 0.25) is 0 Å². The SMILES string of the molecule is CC1Sc2ccc(C(=O)NNC(=O)c3nn(Cc4ccccc4)c(=O)c4ccccc34)cc2NC1=O. The van der Waals surface area contributed by atoms with Crippen molar-refractivity contribution in [2.45, 2.75) is 23.6 Å². The average Bonchev–Trinajstić information content (AvgIpc) is 2.89. The number of thioether (sulfide) groups is 1. The summed E-state index contributed by atoms with van der Waals surface area (Å²) < 4.78 is 1.24. The minimum Gasteiger partial charge on any atom is -0.324 e. The van der Waals surface area contributed by atoms with Gasteiger partial charge in [-0.05, 0) is 36.8 Å². The summed E-state index contributed by atoms with van der Waals surface area (Å²) in [4.78, 5) is 51.6. The molecule has 9 nitrogen and oxygen atoms in total. The number of hydrogen-bond donors (Lipinski definition) is 3. The highest BCUT2D eigenvalue weighted by Crippen LogP contribution is 2.35. The van der Waals surface area contributed by atoms with E-state index in [-0.39, 0.29) is 34.5 Å². The third kappa shape index (κ3) is 4.58. The maximum Gasteiger partial charge on any atom is 0.290 e. The third-order valence-corrected chi connectivity index (χ3v) is 6.90.